The van der Waals surface area contributed by atoms with Gasteiger partial charge in [-0.05, 0) is 119 Å². The molecule has 11 heteroatoms. The molecular formula is C38H45Cl3F2N4O2. The molecular weight excluding hydrogens is 689 g/mol. The molecule has 3 aromatic rings. The molecule has 0 saturated heterocycles. The van der Waals surface area contributed by atoms with Crippen LogP contribution in [-0.4, -0.2) is 54.5 Å². The summed E-state index contributed by atoms with van der Waals surface area (Å²) in [6.45, 7) is 1.89. The Morgan fingerprint density at radius 1 is 0.735 bits per heavy atom. The van der Waals surface area contributed by atoms with Gasteiger partial charge in [0.1, 0.15) is 11.6 Å². The van der Waals surface area contributed by atoms with Gasteiger partial charge in [0, 0.05) is 56.9 Å². The van der Waals surface area contributed by atoms with Gasteiger partial charge in [-0.25, -0.2) is 8.78 Å². The predicted molar refractivity (Wildman–Crippen MR) is 193 cm³/mol. The average Bonchev–Trinajstić information content (AvgIpc) is 3.67. The molecule has 0 heterocycles. The Hall–Kier alpha value is -2.75. The largest absolute Gasteiger partial charge is 0.349 e. The van der Waals surface area contributed by atoms with Crippen LogP contribution in [-0.2, 0) is 6.54 Å². The van der Waals surface area contributed by atoms with Crippen molar-refractivity contribution in [3.63, 3.8) is 0 Å². The van der Waals surface area contributed by atoms with Crippen LogP contribution in [0.3, 0.4) is 0 Å². The van der Waals surface area contributed by atoms with Crippen molar-refractivity contribution < 1.29 is 18.4 Å². The lowest BCUT2D eigenvalue weighted by Crippen LogP contribution is -2.35. The molecule has 3 aliphatic rings. The Kier molecular flexibility index (Phi) is 13.7. The lowest BCUT2D eigenvalue weighted by Gasteiger charge is -2.26. The van der Waals surface area contributed by atoms with Crippen LogP contribution in [0.4, 0.5) is 8.78 Å². The van der Waals surface area contributed by atoms with E-state index in [1.807, 2.05) is 18.2 Å². The first-order chi connectivity index (χ1) is 23.5. The van der Waals surface area contributed by atoms with E-state index in [1.165, 1.54) is 67.6 Å². The molecule has 0 radical (unpaired) electrons. The van der Waals surface area contributed by atoms with Gasteiger partial charge in [-0.15, -0.1) is 0 Å². The van der Waals surface area contributed by atoms with E-state index in [0.717, 1.165) is 62.6 Å². The van der Waals surface area contributed by atoms with Gasteiger partial charge >= 0.3 is 0 Å². The number of benzene rings is 3. The van der Waals surface area contributed by atoms with Crippen LogP contribution in [0.25, 0.3) is 0 Å². The molecule has 0 aliphatic heterocycles. The number of carbonyl (C=O) groups is 2. The second-order valence-corrected chi connectivity index (χ2v) is 15.0. The van der Waals surface area contributed by atoms with Gasteiger partial charge in [-0.2, -0.15) is 0 Å². The minimum Gasteiger partial charge on any atom is -0.349 e. The number of halogens is 5. The standard InChI is InChI=1S/C20H21Cl2FN2O.C18H24ClFN2O/c1-25(12-13-3-2-4-15(21)7-13)19-6-5-18(11-19)24-20(26)14-8-16(22)10-17(23)9-14;19-14-8-13(9-15(20)10-14)18(23)22-17-5-4-16(11-17)21-7-6-12-2-1-3-12/h2-4,7-10,18-19H,5-6,11-12H2,1H3,(H,24,26);8-10,12,16-17,21H,1-7,11H2,(H,22,23)/t18-,19-;16-,17-/m10/s1. The number of nitrogens with zero attached hydrogens (tertiary/aromatic N) is 1. The molecule has 2 amide bonds. The topological polar surface area (TPSA) is 73.5 Å². The summed E-state index contributed by atoms with van der Waals surface area (Å²) in [6, 6.07) is 16.8. The summed E-state index contributed by atoms with van der Waals surface area (Å²) in [5, 5.41) is 10.8. The molecule has 0 unspecified atom stereocenters. The summed E-state index contributed by atoms with van der Waals surface area (Å²) in [6.07, 6.45) is 11.2. The molecule has 3 fully saturated rings. The van der Waals surface area contributed by atoms with Gasteiger partial charge in [-0.3, -0.25) is 14.5 Å². The van der Waals surface area contributed by atoms with Crippen molar-refractivity contribution in [3.05, 3.63) is 104 Å². The quantitative estimate of drug-likeness (QED) is 0.184. The molecule has 0 bridgehead atoms. The van der Waals surface area contributed by atoms with Gasteiger partial charge in [0.15, 0.2) is 0 Å². The van der Waals surface area contributed by atoms with E-state index in [9.17, 15) is 18.4 Å². The van der Waals surface area contributed by atoms with Gasteiger partial charge in [0.25, 0.3) is 11.8 Å². The maximum absolute atomic E-state index is 13.4. The van der Waals surface area contributed by atoms with E-state index >= 15 is 0 Å². The SMILES string of the molecule is CN(Cc1cccc(Cl)c1)[C@@H]1CC[C@@H](NC(=O)c2cc(F)cc(Cl)c2)C1.O=C(N[C@H]1CC[C@H](NCCC2CCC2)C1)c1cc(F)cc(Cl)c1. The molecule has 4 atom stereocenters. The van der Waals surface area contributed by atoms with Crippen molar-refractivity contribution in [2.45, 2.75) is 94.9 Å². The molecule has 0 spiro atoms. The third-order valence-corrected chi connectivity index (χ3v) is 10.6. The third kappa shape index (κ3) is 11.6. The Morgan fingerprint density at radius 3 is 1.90 bits per heavy atom. The number of hydrogen-bond acceptors (Lipinski definition) is 4. The first-order valence-corrected chi connectivity index (χ1v) is 18.4. The fourth-order valence-electron chi connectivity index (χ4n) is 7.02. The van der Waals surface area contributed by atoms with Gasteiger partial charge in [-0.1, -0.05) is 66.2 Å². The lowest BCUT2D eigenvalue weighted by atomic mass is 9.83. The van der Waals surface area contributed by atoms with Gasteiger partial charge in [0.05, 0.1) is 0 Å². The third-order valence-electron chi connectivity index (χ3n) is 9.91. The van der Waals surface area contributed by atoms with Gasteiger partial charge in [0.2, 0.25) is 0 Å². The molecule has 0 aromatic heterocycles. The fraction of sp³-hybridized carbons (Fsp3) is 0.474. The van der Waals surface area contributed by atoms with Crippen molar-refractivity contribution in [1.29, 1.82) is 0 Å². The van der Waals surface area contributed by atoms with Crippen molar-refractivity contribution in [2.75, 3.05) is 13.6 Å². The van der Waals surface area contributed by atoms with Crippen LogP contribution in [0.2, 0.25) is 15.1 Å². The van der Waals surface area contributed by atoms with Gasteiger partial charge < -0.3 is 16.0 Å². The lowest BCUT2D eigenvalue weighted by molar-refractivity contribution is 0.0927. The maximum atomic E-state index is 13.4. The minimum atomic E-state index is -0.506. The molecule has 6 nitrogen and oxygen atoms in total. The molecule has 49 heavy (non-hydrogen) atoms. The molecule has 3 aromatic carbocycles. The first kappa shape index (κ1) is 37.5. The normalized spacial score (nSPS) is 21.9. The Bertz CT molecular complexity index is 1550. The van der Waals surface area contributed by atoms with Crippen molar-refractivity contribution >= 4 is 46.6 Å². The maximum Gasteiger partial charge on any atom is 0.251 e. The molecule has 3 aliphatic carbocycles. The molecule has 264 valence electrons. The van der Waals surface area contributed by atoms with Crippen LogP contribution in [0.5, 0.6) is 0 Å². The van der Waals surface area contributed by atoms with E-state index in [4.69, 9.17) is 34.8 Å². The monoisotopic (exact) mass is 732 g/mol. The number of carbonyl (C=O) groups excluding carboxylic acids is 2. The summed E-state index contributed by atoms with van der Waals surface area (Å²) in [5.41, 5.74) is 1.71. The highest BCUT2D eigenvalue weighted by molar-refractivity contribution is 6.31. The Balaban J connectivity index is 0.000000192. The number of nitrogens with one attached hydrogen (secondary N) is 3. The number of hydrogen-bond donors (Lipinski definition) is 3. The summed E-state index contributed by atoms with van der Waals surface area (Å²) in [7, 11) is 2.09. The van der Waals surface area contributed by atoms with Crippen molar-refractivity contribution in [2.24, 2.45) is 5.92 Å². The van der Waals surface area contributed by atoms with Crippen LogP contribution < -0.4 is 16.0 Å². The number of amides is 2. The van der Waals surface area contributed by atoms with E-state index in [0.29, 0.717) is 12.1 Å². The smallest absolute Gasteiger partial charge is 0.251 e. The summed E-state index contributed by atoms with van der Waals surface area (Å²) in [5.74, 6) is -0.587. The second kappa shape index (κ2) is 18.0. The van der Waals surface area contributed by atoms with Crippen LogP contribution in [0.1, 0.15) is 90.5 Å². The van der Waals surface area contributed by atoms with E-state index in [1.54, 1.807) is 0 Å². The average molecular weight is 734 g/mol. The number of rotatable bonds is 11. The van der Waals surface area contributed by atoms with Crippen LogP contribution in [0, 0.1) is 17.6 Å². The first-order valence-electron chi connectivity index (χ1n) is 17.2. The fourth-order valence-corrected chi connectivity index (χ4v) is 7.68. The Labute approximate surface area is 303 Å². The summed E-state index contributed by atoms with van der Waals surface area (Å²) < 4.78 is 26.8. The molecule has 6 rings (SSSR count). The zero-order chi connectivity index (χ0) is 34.9. The zero-order valence-corrected chi connectivity index (χ0v) is 30.1. The highest BCUT2D eigenvalue weighted by Gasteiger charge is 2.29. The van der Waals surface area contributed by atoms with E-state index < -0.39 is 11.6 Å². The van der Waals surface area contributed by atoms with E-state index in [-0.39, 0.29) is 45.1 Å². The van der Waals surface area contributed by atoms with Crippen LogP contribution in [0.15, 0.2) is 60.7 Å². The van der Waals surface area contributed by atoms with Crippen molar-refractivity contribution in [3.8, 4) is 0 Å². The second-order valence-electron chi connectivity index (χ2n) is 13.7. The van der Waals surface area contributed by atoms with E-state index in [2.05, 4.69) is 34.0 Å². The van der Waals surface area contributed by atoms with Crippen LogP contribution >= 0.6 is 34.8 Å². The predicted octanol–water partition coefficient (Wildman–Crippen LogP) is 8.83. The zero-order valence-electron chi connectivity index (χ0n) is 27.8. The highest BCUT2D eigenvalue weighted by atomic mass is 35.5. The van der Waals surface area contributed by atoms with Crippen molar-refractivity contribution in [1.82, 2.24) is 20.9 Å². The minimum absolute atomic E-state index is 0.0800. The summed E-state index contributed by atoms with van der Waals surface area (Å²) >= 11 is 17.7. The molecule has 3 saturated carbocycles. The molecule has 3 N–H and O–H groups in total. The highest BCUT2D eigenvalue weighted by Crippen LogP contribution is 2.29. The summed E-state index contributed by atoms with van der Waals surface area (Å²) in [4.78, 5) is 26.8. The Morgan fingerprint density at radius 2 is 1.33 bits per heavy atom.